The average Bonchev–Trinajstić information content (AvgIpc) is 3.01. The van der Waals surface area contributed by atoms with E-state index in [2.05, 4.69) is 10.1 Å². The molecule has 124 valence electrons. The van der Waals surface area contributed by atoms with Gasteiger partial charge in [-0.25, -0.2) is 8.42 Å². The predicted octanol–water partition coefficient (Wildman–Crippen LogP) is 0.344. The molecule has 8 heteroatoms. The summed E-state index contributed by atoms with van der Waals surface area (Å²) in [7, 11) is -3.29. The molecule has 7 nitrogen and oxygen atoms in total. The third-order valence-corrected chi connectivity index (χ3v) is 6.19. The lowest BCUT2D eigenvalue weighted by Crippen LogP contribution is -2.62. The van der Waals surface area contributed by atoms with E-state index in [9.17, 15) is 13.5 Å². The van der Waals surface area contributed by atoms with Crippen LogP contribution in [0, 0.1) is 6.92 Å². The first kappa shape index (κ1) is 15.9. The fraction of sp³-hybridized carbons (Fsp3) is 0.786. The summed E-state index contributed by atoms with van der Waals surface area (Å²) in [4.78, 5) is 2.10. The number of β-amino-alcohol motifs (C(OH)–C–C–N with tert-alkyl or cyclic N) is 1. The molecule has 3 rings (SSSR count). The van der Waals surface area contributed by atoms with Crippen LogP contribution in [0.4, 0.5) is 0 Å². The number of aromatic nitrogens is 1. The molecule has 2 atom stereocenters. The number of aliphatic hydroxyl groups excluding tert-OH is 1. The number of aryl methyl sites for hydroxylation is 1. The lowest BCUT2D eigenvalue weighted by Gasteiger charge is -2.47. The lowest BCUT2D eigenvalue weighted by molar-refractivity contribution is -0.0384. The van der Waals surface area contributed by atoms with Crippen molar-refractivity contribution in [3.63, 3.8) is 0 Å². The smallest absolute Gasteiger partial charge is 0.211 e. The monoisotopic (exact) mass is 329 g/mol. The van der Waals surface area contributed by atoms with Crippen molar-refractivity contribution in [2.45, 2.75) is 44.4 Å². The van der Waals surface area contributed by atoms with Gasteiger partial charge in [-0.3, -0.25) is 4.90 Å². The number of piperidine rings is 1. The fourth-order valence-electron chi connectivity index (χ4n) is 3.84. The molecule has 0 aliphatic carbocycles. The minimum Gasteiger partial charge on any atom is -0.390 e. The molecule has 0 bridgehead atoms. The quantitative estimate of drug-likeness (QED) is 0.861. The number of likely N-dealkylation sites (tertiary alicyclic amines) is 1. The first-order valence-corrected chi connectivity index (χ1v) is 9.46. The van der Waals surface area contributed by atoms with Gasteiger partial charge in [0.05, 0.1) is 23.6 Å². The molecule has 1 spiro atoms. The van der Waals surface area contributed by atoms with E-state index in [4.69, 9.17) is 4.52 Å². The molecule has 2 fully saturated rings. The highest BCUT2D eigenvalue weighted by atomic mass is 32.2. The first-order chi connectivity index (χ1) is 10.3. The summed E-state index contributed by atoms with van der Waals surface area (Å²) in [5.74, 6) is 0.767. The Hall–Kier alpha value is -0.960. The minimum absolute atomic E-state index is 0.456. The van der Waals surface area contributed by atoms with Crippen molar-refractivity contribution in [3.8, 4) is 0 Å². The highest BCUT2D eigenvalue weighted by Crippen LogP contribution is 2.40. The van der Waals surface area contributed by atoms with E-state index in [1.165, 1.54) is 10.6 Å². The van der Waals surface area contributed by atoms with Gasteiger partial charge in [-0.2, -0.15) is 4.31 Å². The molecule has 1 N–H and O–H groups in total. The van der Waals surface area contributed by atoms with E-state index in [-0.39, 0.29) is 0 Å². The van der Waals surface area contributed by atoms with Crippen molar-refractivity contribution in [2.75, 3.05) is 25.9 Å². The van der Waals surface area contributed by atoms with Gasteiger partial charge in [0.25, 0.3) is 0 Å². The Balaban J connectivity index is 1.72. The molecule has 1 aromatic rings. The standard InChI is InChI=1S/C14H23N3O4S/c1-11-8-12(15-21-11)9-16-7-5-14(13(18)10-16)4-3-6-17(14)22(2,19)20/h8,13,18H,3-7,9-10H2,1-2H3/t13-,14-/m0/s1. The molecule has 2 aliphatic heterocycles. The maximum atomic E-state index is 12.0. The molecule has 1 aromatic heterocycles. The Kier molecular flexibility index (Phi) is 4.05. The molecule has 0 unspecified atom stereocenters. The van der Waals surface area contributed by atoms with Crippen molar-refractivity contribution < 1.29 is 18.0 Å². The van der Waals surface area contributed by atoms with Gasteiger partial charge in [0.1, 0.15) is 5.76 Å². The summed E-state index contributed by atoms with van der Waals surface area (Å²) >= 11 is 0. The highest BCUT2D eigenvalue weighted by Gasteiger charge is 2.52. The second kappa shape index (κ2) is 5.59. The maximum Gasteiger partial charge on any atom is 0.211 e. The van der Waals surface area contributed by atoms with Gasteiger partial charge in [0.15, 0.2) is 0 Å². The van der Waals surface area contributed by atoms with Crippen LogP contribution in [0.1, 0.15) is 30.7 Å². The summed E-state index contributed by atoms with van der Waals surface area (Å²) in [6.45, 7) is 4.17. The van der Waals surface area contributed by atoms with Gasteiger partial charge in [-0.05, 0) is 26.2 Å². The van der Waals surface area contributed by atoms with Crippen LogP contribution in [-0.2, 0) is 16.6 Å². The zero-order valence-corrected chi connectivity index (χ0v) is 13.8. The van der Waals surface area contributed by atoms with Crippen LogP contribution in [0.3, 0.4) is 0 Å². The first-order valence-electron chi connectivity index (χ1n) is 7.62. The molecule has 22 heavy (non-hydrogen) atoms. The van der Waals surface area contributed by atoms with Crippen molar-refractivity contribution in [1.82, 2.24) is 14.4 Å². The van der Waals surface area contributed by atoms with Crippen LogP contribution in [-0.4, -0.2) is 65.4 Å². The topological polar surface area (TPSA) is 86.9 Å². The van der Waals surface area contributed by atoms with E-state index in [0.29, 0.717) is 26.1 Å². The normalized spacial score (nSPS) is 31.1. The van der Waals surface area contributed by atoms with E-state index in [1.54, 1.807) is 0 Å². The summed E-state index contributed by atoms with van der Waals surface area (Å²) in [5, 5.41) is 14.6. The zero-order chi connectivity index (χ0) is 16.0. The molecular formula is C14H23N3O4S. The molecule has 0 radical (unpaired) electrons. The fourth-order valence-corrected chi connectivity index (χ4v) is 5.27. The van der Waals surface area contributed by atoms with Crippen LogP contribution in [0.5, 0.6) is 0 Å². The summed E-state index contributed by atoms with van der Waals surface area (Å²) in [5.41, 5.74) is 0.219. The summed E-state index contributed by atoms with van der Waals surface area (Å²) < 4.78 is 30.6. The van der Waals surface area contributed by atoms with E-state index < -0.39 is 21.7 Å². The highest BCUT2D eigenvalue weighted by molar-refractivity contribution is 7.88. The molecule has 0 saturated carbocycles. The lowest BCUT2D eigenvalue weighted by atomic mass is 9.83. The van der Waals surface area contributed by atoms with E-state index >= 15 is 0 Å². The summed E-state index contributed by atoms with van der Waals surface area (Å²) in [6.07, 6.45) is 2.76. The maximum absolute atomic E-state index is 12.0. The van der Waals surface area contributed by atoms with Crippen molar-refractivity contribution in [1.29, 1.82) is 0 Å². The van der Waals surface area contributed by atoms with Gasteiger partial charge in [-0.15, -0.1) is 0 Å². The average molecular weight is 329 g/mol. The third kappa shape index (κ3) is 2.80. The third-order valence-electron chi connectivity index (χ3n) is 4.84. The van der Waals surface area contributed by atoms with Gasteiger partial charge >= 0.3 is 0 Å². The van der Waals surface area contributed by atoms with Crippen LogP contribution >= 0.6 is 0 Å². The van der Waals surface area contributed by atoms with Crippen molar-refractivity contribution in [3.05, 3.63) is 17.5 Å². The van der Waals surface area contributed by atoms with Gasteiger partial charge in [0.2, 0.25) is 10.0 Å². The molecule has 3 heterocycles. The van der Waals surface area contributed by atoms with E-state index in [0.717, 1.165) is 30.8 Å². The SMILES string of the molecule is Cc1cc(CN2CC[C@@]3(CCCN3S(C)(=O)=O)[C@@H](O)C2)no1. The molecule has 0 aromatic carbocycles. The number of nitrogens with zero attached hydrogens (tertiary/aromatic N) is 3. The minimum atomic E-state index is -3.29. The predicted molar refractivity (Wildman–Crippen MR) is 80.7 cm³/mol. The number of hydrogen-bond acceptors (Lipinski definition) is 6. The molecular weight excluding hydrogens is 306 g/mol. The largest absolute Gasteiger partial charge is 0.390 e. The Morgan fingerprint density at radius 1 is 1.45 bits per heavy atom. The molecule has 2 aliphatic rings. The Morgan fingerprint density at radius 3 is 2.82 bits per heavy atom. The van der Waals surface area contributed by atoms with Crippen molar-refractivity contribution in [2.24, 2.45) is 0 Å². The Morgan fingerprint density at radius 2 is 2.23 bits per heavy atom. The Bertz CT molecular complexity index is 644. The Labute approximate surface area is 130 Å². The zero-order valence-electron chi connectivity index (χ0n) is 13.0. The van der Waals surface area contributed by atoms with Gasteiger partial charge in [-0.1, -0.05) is 5.16 Å². The number of sulfonamides is 1. The molecule has 0 amide bonds. The number of hydrogen-bond donors (Lipinski definition) is 1. The van der Waals surface area contributed by atoms with Crippen LogP contribution in [0.2, 0.25) is 0 Å². The van der Waals surface area contributed by atoms with Crippen LogP contribution in [0.25, 0.3) is 0 Å². The van der Waals surface area contributed by atoms with Crippen LogP contribution in [0.15, 0.2) is 10.6 Å². The van der Waals surface area contributed by atoms with Crippen LogP contribution < -0.4 is 0 Å². The number of rotatable bonds is 3. The second-order valence-electron chi connectivity index (χ2n) is 6.47. The summed E-state index contributed by atoms with van der Waals surface area (Å²) in [6, 6.07) is 1.88. The van der Waals surface area contributed by atoms with Crippen molar-refractivity contribution >= 4 is 10.0 Å². The molecule has 2 saturated heterocycles. The van der Waals surface area contributed by atoms with Gasteiger partial charge in [0, 0.05) is 32.2 Å². The second-order valence-corrected chi connectivity index (χ2v) is 8.38. The number of aliphatic hydroxyl groups is 1. The van der Waals surface area contributed by atoms with Gasteiger partial charge < -0.3 is 9.63 Å². The van der Waals surface area contributed by atoms with E-state index in [1.807, 2.05) is 13.0 Å².